The quantitative estimate of drug-likeness (QED) is 0.685. The fourth-order valence-electron chi connectivity index (χ4n) is 4.10. The Morgan fingerprint density at radius 2 is 1.82 bits per heavy atom. The van der Waals surface area contributed by atoms with Gasteiger partial charge in [-0.3, -0.25) is 14.4 Å². The number of nitrogens with one attached hydrogen (secondary N) is 2. The van der Waals surface area contributed by atoms with Crippen LogP contribution in [0, 0.1) is 5.92 Å². The van der Waals surface area contributed by atoms with Gasteiger partial charge in [-0.15, -0.1) is 11.3 Å². The lowest BCUT2D eigenvalue weighted by Crippen LogP contribution is -2.48. The van der Waals surface area contributed by atoms with Crippen LogP contribution in [0.5, 0.6) is 0 Å². The number of carbonyl (C=O) groups excluding carboxylic acids is 3. The molecule has 1 aliphatic heterocycles. The van der Waals surface area contributed by atoms with Crippen molar-refractivity contribution < 1.29 is 14.4 Å². The third-order valence-electron chi connectivity index (χ3n) is 5.74. The van der Waals surface area contributed by atoms with Crippen molar-refractivity contribution in [2.24, 2.45) is 5.92 Å². The van der Waals surface area contributed by atoms with Gasteiger partial charge in [0, 0.05) is 38.0 Å². The summed E-state index contributed by atoms with van der Waals surface area (Å²) in [6, 6.07) is 3.79. The lowest BCUT2D eigenvalue weighted by atomic mass is 9.87. The first-order valence-electron chi connectivity index (χ1n) is 10.5. The third-order valence-corrected chi connectivity index (χ3v) is 6.61. The Labute approximate surface area is 171 Å². The number of piperidine rings is 1. The fraction of sp³-hybridized carbons (Fsp3) is 0.667. The number of amides is 3. The highest BCUT2D eigenvalue weighted by atomic mass is 32.1. The number of hydrogen-bond acceptors (Lipinski definition) is 4. The SMILES string of the molecule is O=C(CCCNC(=O)c1cccs1)NC1CCN(C(=O)C2CCCCC2)CC1. The van der Waals surface area contributed by atoms with E-state index in [-0.39, 0.29) is 23.8 Å². The molecule has 3 amide bonds. The first-order chi connectivity index (χ1) is 13.6. The smallest absolute Gasteiger partial charge is 0.261 e. The van der Waals surface area contributed by atoms with Crippen molar-refractivity contribution in [1.29, 1.82) is 0 Å². The van der Waals surface area contributed by atoms with Crippen molar-refractivity contribution in [2.45, 2.75) is 63.8 Å². The van der Waals surface area contributed by atoms with E-state index in [1.165, 1.54) is 30.6 Å². The van der Waals surface area contributed by atoms with Gasteiger partial charge in [0.1, 0.15) is 0 Å². The zero-order chi connectivity index (χ0) is 19.8. The molecule has 0 unspecified atom stereocenters. The number of hydrogen-bond donors (Lipinski definition) is 2. The van der Waals surface area contributed by atoms with Crippen molar-refractivity contribution >= 4 is 29.1 Å². The van der Waals surface area contributed by atoms with Gasteiger partial charge >= 0.3 is 0 Å². The molecule has 0 atom stereocenters. The zero-order valence-corrected chi connectivity index (χ0v) is 17.3. The number of rotatable bonds is 7. The van der Waals surface area contributed by atoms with E-state index in [2.05, 4.69) is 10.6 Å². The molecule has 2 N–H and O–H groups in total. The van der Waals surface area contributed by atoms with Gasteiger partial charge in [0.2, 0.25) is 11.8 Å². The maximum Gasteiger partial charge on any atom is 0.261 e. The average Bonchev–Trinajstić information content (AvgIpc) is 3.27. The Bertz CT molecular complexity index is 648. The number of thiophene rings is 1. The van der Waals surface area contributed by atoms with Gasteiger partial charge < -0.3 is 15.5 Å². The summed E-state index contributed by atoms with van der Waals surface area (Å²) in [5.74, 6) is 0.503. The minimum Gasteiger partial charge on any atom is -0.353 e. The van der Waals surface area contributed by atoms with E-state index >= 15 is 0 Å². The van der Waals surface area contributed by atoms with Gasteiger partial charge in [0.25, 0.3) is 5.91 Å². The van der Waals surface area contributed by atoms with Crippen LogP contribution in [0.15, 0.2) is 17.5 Å². The number of carbonyl (C=O) groups is 3. The second kappa shape index (κ2) is 10.6. The van der Waals surface area contributed by atoms with Gasteiger partial charge in [0.05, 0.1) is 4.88 Å². The summed E-state index contributed by atoms with van der Waals surface area (Å²) >= 11 is 1.41. The maximum absolute atomic E-state index is 12.6. The summed E-state index contributed by atoms with van der Waals surface area (Å²) < 4.78 is 0. The number of nitrogens with zero attached hydrogens (tertiary/aromatic N) is 1. The van der Waals surface area contributed by atoms with Crippen LogP contribution in [-0.4, -0.2) is 48.3 Å². The van der Waals surface area contributed by atoms with Crippen molar-refractivity contribution in [3.63, 3.8) is 0 Å². The summed E-state index contributed by atoms with van der Waals surface area (Å²) in [5, 5.41) is 7.80. The molecule has 6 nitrogen and oxygen atoms in total. The summed E-state index contributed by atoms with van der Waals surface area (Å²) in [5.41, 5.74) is 0. The van der Waals surface area contributed by atoms with E-state index < -0.39 is 0 Å². The molecule has 1 aromatic heterocycles. The van der Waals surface area contributed by atoms with Gasteiger partial charge in [-0.25, -0.2) is 0 Å². The van der Waals surface area contributed by atoms with E-state index in [0.29, 0.717) is 30.2 Å². The average molecular weight is 406 g/mol. The normalized spacial score (nSPS) is 18.6. The van der Waals surface area contributed by atoms with Crippen molar-refractivity contribution in [3.05, 3.63) is 22.4 Å². The molecular weight excluding hydrogens is 374 g/mol. The molecule has 0 bridgehead atoms. The fourth-order valence-corrected chi connectivity index (χ4v) is 4.74. The molecule has 1 saturated heterocycles. The molecule has 3 rings (SSSR count). The lowest BCUT2D eigenvalue weighted by Gasteiger charge is -2.35. The molecule has 2 aliphatic rings. The van der Waals surface area contributed by atoms with Crippen LogP contribution in [0.3, 0.4) is 0 Å². The second-order valence-electron chi connectivity index (χ2n) is 7.84. The van der Waals surface area contributed by atoms with Gasteiger partial charge in [-0.1, -0.05) is 25.3 Å². The summed E-state index contributed by atoms with van der Waals surface area (Å²) in [6.07, 6.45) is 8.40. The molecule has 2 fully saturated rings. The highest BCUT2D eigenvalue weighted by molar-refractivity contribution is 7.12. The maximum atomic E-state index is 12.6. The Morgan fingerprint density at radius 3 is 2.50 bits per heavy atom. The minimum atomic E-state index is -0.0783. The van der Waals surface area contributed by atoms with E-state index in [9.17, 15) is 14.4 Å². The summed E-state index contributed by atoms with van der Waals surface area (Å²) in [4.78, 5) is 39.3. The second-order valence-corrected chi connectivity index (χ2v) is 8.79. The molecule has 2 heterocycles. The molecule has 154 valence electrons. The van der Waals surface area contributed by atoms with E-state index in [4.69, 9.17) is 0 Å². The molecule has 28 heavy (non-hydrogen) atoms. The van der Waals surface area contributed by atoms with E-state index in [0.717, 1.165) is 38.8 Å². The van der Waals surface area contributed by atoms with Crippen LogP contribution < -0.4 is 10.6 Å². The Hall–Kier alpha value is -1.89. The molecule has 0 radical (unpaired) electrons. The van der Waals surface area contributed by atoms with Gasteiger partial charge in [0.15, 0.2) is 0 Å². The topological polar surface area (TPSA) is 78.5 Å². The van der Waals surface area contributed by atoms with Gasteiger partial charge in [-0.2, -0.15) is 0 Å². The van der Waals surface area contributed by atoms with Crippen LogP contribution in [0.1, 0.15) is 67.5 Å². The highest BCUT2D eigenvalue weighted by Crippen LogP contribution is 2.26. The number of likely N-dealkylation sites (tertiary alicyclic amines) is 1. The standard InChI is InChI=1S/C21H31N3O3S/c25-19(9-4-12-22-20(26)18-8-5-15-28-18)23-17-10-13-24(14-11-17)21(27)16-6-2-1-3-7-16/h5,8,15-17H,1-4,6-7,9-14H2,(H,22,26)(H,23,25). The van der Waals surface area contributed by atoms with Crippen LogP contribution in [0.25, 0.3) is 0 Å². The van der Waals surface area contributed by atoms with E-state index in [1.807, 2.05) is 16.3 Å². The molecule has 1 aliphatic carbocycles. The molecule has 0 aromatic carbocycles. The van der Waals surface area contributed by atoms with Crippen LogP contribution >= 0.6 is 11.3 Å². The van der Waals surface area contributed by atoms with Crippen LogP contribution in [0.4, 0.5) is 0 Å². The van der Waals surface area contributed by atoms with Crippen molar-refractivity contribution in [3.8, 4) is 0 Å². The lowest BCUT2D eigenvalue weighted by molar-refractivity contribution is -0.137. The Balaban J connectivity index is 1.28. The zero-order valence-electron chi connectivity index (χ0n) is 16.5. The Kier molecular flexibility index (Phi) is 7.89. The third kappa shape index (κ3) is 6.06. The van der Waals surface area contributed by atoms with Gasteiger partial charge in [-0.05, 0) is 43.6 Å². The highest BCUT2D eigenvalue weighted by Gasteiger charge is 2.29. The predicted octanol–water partition coefficient (Wildman–Crippen LogP) is 2.95. The first-order valence-corrected chi connectivity index (χ1v) is 11.4. The summed E-state index contributed by atoms with van der Waals surface area (Å²) in [6.45, 7) is 1.99. The molecule has 1 saturated carbocycles. The molecule has 1 aromatic rings. The van der Waals surface area contributed by atoms with Crippen molar-refractivity contribution in [2.75, 3.05) is 19.6 Å². The predicted molar refractivity (Wildman–Crippen MR) is 110 cm³/mol. The monoisotopic (exact) mass is 405 g/mol. The first kappa shape index (κ1) is 20.8. The minimum absolute atomic E-state index is 0.0300. The van der Waals surface area contributed by atoms with E-state index in [1.54, 1.807) is 6.07 Å². The molecular formula is C21H31N3O3S. The largest absolute Gasteiger partial charge is 0.353 e. The molecule has 0 spiro atoms. The Morgan fingerprint density at radius 1 is 1.07 bits per heavy atom. The van der Waals surface area contributed by atoms with Crippen molar-refractivity contribution in [1.82, 2.24) is 15.5 Å². The van der Waals surface area contributed by atoms with Crippen LogP contribution in [0.2, 0.25) is 0 Å². The molecule has 7 heteroatoms. The van der Waals surface area contributed by atoms with Crippen LogP contribution in [-0.2, 0) is 9.59 Å². The summed E-state index contributed by atoms with van der Waals surface area (Å²) in [7, 11) is 0.